The molecule has 42 valence electrons. The quantitative estimate of drug-likeness (QED) is 0.507. The zero-order chi connectivity index (χ0) is 6.10. The van der Waals surface area contributed by atoms with Crippen LogP contribution in [0.1, 0.15) is 0 Å². The van der Waals surface area contributed by atoms with E-state index in [0.29, 0.717) is 0 Å². The van der Waals surface area contributed by atoms with Crippen molar-refractivity contribution in [3.05, 3.63) is 18.3 Å². The van der Waals surface area contributed by atoms with Gasteiger partial charge in [-0.05, 0) is 0 Å². The number of aromatic nitrogens is 2. The topological polar surface area (TPSA) is 38.9 Å². The molecular formula is C5H3BN2O. The Bertz CT molecular complexity index is 289. The van der Waals surface area contributed by atoms with Crippen LogP contribution in [0.25, 0.3) is 11.1 Å². The van der Waals surface area contributed by atoms with Gasteiger partial charge < -0.3 is 0 Å². The first-order valence-electron chi connectivity index (χ1n) is 2.62. The number of nitrogens with zero attached hydrogens (tertiary/aromatic N) is 2. The van der Waals surface area contributed by atoms with Crippen LogP contribution in [-0.4, -0.2) is 17.2 Å². The summed E-state index contributed by atoms with van der Waals surface area (Å²) < 4.78 is 5.02. The van der Waals surface area contributed by atoms with Crippen LogP contribution < -0.4 is 0 Å². The van der Waals surface area contributed by atoms with Crippen LogP contribution in [0.5, 0.6) is 0 Å². The monoisotopic (exact) mass is 118 g/mol. The summed E-state index contributed by atoms with van der Waals surface area (Å²) in [7, 11) is 1.60. The van der Waals surface area contributed by atoms with Crippen molar-refractivity contribution in [2.75, 3.05) is 0 Å². The SMILES string of the molecule is b1cc2occc2nn1. The van der Waals surface area contributed by atoms with E-state index >= 15 is 0 Å². The van der Waals surface area contributed by atoms with E-state index in [1.165, 1.54) is 0 Å². The number of furan rings is 1. The molecule has 0 saturated heterocycles. The maximum atomic E-state index is 5.02. The van der Waals surface area contributed by atoms with Crippen LogP contribution in [0.4, 0.5) is 0 Å². The Kier molecular flexibility index (Phi) is 0.857. The summed E-state index contributed by atoms with van der Waals surface area (Å²) in [5.74, 6) is 1.78. The molecule has 0 aliphatic rings. The van der Waals surface area contributed by atoms with Crippen molar-refractivity contribution in [3.8, 4) is 0 Å². The molecule has 0 spiro atoms. The summed E-state index contributed by atoms with van der Waals surface area (Å²) in [5.41, 5.74) is 1.59. The molecule has 0 unspecified atom stereocenters. The van der Waals surface area contributed by atoms with Gasteiger partial charge in [0.05, 0.1) is 0 Å². The van der Waals surface area contributed by atoms with Gasteiger partial charge in [-0.2, -0.15) is 0 Å². The average Bonchev–Trinajstić information content (AvgIpc) is 2.33. The van der Waals surface area contributed by atoms with Crippen LogP contribution in [-0.2, 0) is 0 Å². The Labute approximate surface area is 51.9 Å². The predicted molar refractivity (Wildman–Crippen MR) is 33.2 cm³/mol. The third-order valence-electron chi connectivity index (χ3n) is 1.13. The molecule has 0 atom stereocenters. The number of rotatable bonds is 0. The first kappa shape index (κ1) is 4.67. The Morgan fingerprint density at radius 2 is 2.56 bits per heavy atom. The second-order valence-corrected chi connectivity index (χ2v) is 1.70. The van der Waals surface area contributed by atoms with Gasteiger partial charge in [-0.15, -0.1) is 0 Å². The maximum absolute atomic E-state index is 5.02. The molecule has 2 aromatic heterocycles. The molecule has 2 aromatic rings. The Morgan fingerprint density at radius 3 is 3.44 bits per heavy atom. The first-order valence-corrected chi connectivity index (χ1v) is 2.62. The molecule has 9 heavy (non-hydrogen) atoms. The summed E-state index contributed by atoms with van der Waals surface area (Å²) in [6, 6.07) is 1.78. The summed E-state index contributed by atoms with van der Waals surface area (Å²) >= 11 is 0. The van der Waals surface area contributed by atoms with Crippen molar-refractivity contribution < 1.29 is 4.42 Å². The van der Waals surface area contributed by atoms with Gasteiger partial charge in [0.2, 0.25) is 0 Å². The van der Waals surface area contributed by atoms with Crippen molar-refractivity contribution in [1.29, 1.82) is 0 Å². The van der Waals surface area contributed by atoms with Crippen LogP contribution in [0.2, 0.25) is 0 Å². The minimum atomic E-state index is 0.782. The molecule has 0 aliphatic carbocycles. The van der Waals surface area contributed by atoms with Gasteiger partial charge in [0.15, 0.2) is 0 Å². The first-order chi connectivity index (χ1) is 4.47. The van der Waals surface area contributed by atoms with E-state index in [9.17, 15) is 0 Å². The fourth-order valence-electron chi connectivity index (χ4n) is 0.718. The van der Waals surface area contributed by atoms with E-state index in [4.69, 9.17) is 4.42 Å². The van der Waals surface area contributed by atoms with E-state index in [-0.39, 0.29) is 0 Å². The van der Waals surface area contributed by atoms with Gasteiger partial charge in [0, 0.05) is 0 Å². The van der Waals surface area contributed by atoms with E-state index in [1.807, 2.05) is 0 Å². The fourth-order valence-corrected chi connectivity index (χ4v) is 0.718. The van der Waals surface area contributed by atoms with E-state index in [0.717, 1.165) is 11.1 Å². The van der Waals surface area contributed by atoms with E-state index < -0.39 is 0 Å². The van der Waals surface area contributed by atoms with Gasteiger partial charge in [-0.25, -0.2) is 0 Å². The normalized spacial score (nSPS) is 9.78. The molecule has 2 rings (SSSR count). The summed E-state index contributed by atoms with van der Waals surface area (Å²) in [5, 5.41) is 7.47. The predicted octanol–water partition coefficient (Wildman–Crippen LogP) is 0.561. The van der Waals surface area contributed by atoms with Gasteiger partial charge in [0.25, 0.3) is 0 Å². The average molecular weight is 118 g/mol. The van der Waals surface area contributed by atoms with Gasteiger partial charge >= 0.3 is 51.0 Å². The summed E-state index contributed by atoms with van der Waals surface area (Å²) in [6.07, 6.45) is 1.60. The van der Waals surface area contributed by atoms with Crippen molar-refractivity contribution >= 4 is 18.2 Å². The fraction of sp³-hybridized carbons (Fsp3) is 0. The number of fused-ring (bicyclic) bond motifs is 1. The van der Waals surface area contributed by atoms with E-state index in [1.54, 1.807) is 25.3 Å². The van der Waals surface area contributed by atoms with E-state index in [2.05, 4.69) is 10.1 Å². The Balaban J connectivity index is 2.95. The second kappa shape index (κ2) is 1.65. The molecule has 0 saturated carbocycles. The summed E-state index contributed by atoms with van der Waals surface area (Å²) in [4.78, 5) is 0. The van der Waals surface area contributed by atoms with Crippen LogP contribution in [0, 0.1) is 0 Å². The molecule has 3 nitrogen and oxygen atoms in total. The molecule has 0 amide bonds. The Hall–Kier alpha value is -1.19. The Morgan fingerprint density at radius 1 is 1.56 bits per heavy atom. The van der Waals surface area contributed by atoms with Crippen LogP contribution in [0.3, 0.4) is 0 Å². The van der Waals surface area contributed by atoms with Crippen molar-refractivity contribution in [2.24, 2.45) is 0 Å². The zero-order valence-electron chi connectivity index (χ0n) is 4.61. The molecule has 0 aromatic carbocycles. The van der Waals surface area contributed by atoms with Gasteiger partial charge in [0.1, 0.15) is 0 Å². The van der Waals surface area contributed by atoms with Crippen LogP contribution in [0.15, 0.2) is 22.7 Å². The minimum absolute atomic E-state index is 0.782. The van der Waals surface area contributed by atoms with Crippen molar-refractivity contribution in [2.45, 2.75) is 0 Å². The molecule has 0 radical (unpaired) electrons. The number of hydrogen-bond donors (Lipinski definition) is 0. The number of hydrogen-bond acceptors (Lipinski definition) is 3. The van der Waals surface area contributed by atoms with Crippen molar-refractivity contribution in [1.82, 2.24) is 10.1 Å². The molecule has 2 heterocycles. The van der Waals surface area contributed by atoms with Crippen molar-refractivity contribution in [3.63, 3.8) is 0 Å². The van der Waals surface area contributed by atoms with Crippen LogP contribution >= 0.6 is 0 Å². The molecular weight excluding hydrogens is 115 g/mol. The molecule has 0 aliphatic heterocycles. The van der Waals surface area contributed by atoms with Gasteiger partial charge in [-0.1, -0.05) is 0 Å². The zero-order valence-corrected chi connectivity index (χ0v) is 4.61. The standard InChI is InChI=1S/C5H3BN2O/c1-2-9-5-3-6-8-7-4(1)5/h1-3H. The molecule has 0 bridgehead atoms. The third-order valence-corrected chi connectivity index (χ3v) is 1.13. The molecule has 4 heteroatoms. The van der Waals surface area contributed by atoms with Gasteiger partial charge in [-0.3, -0.25) is 0 Å². The molecule has 0 N–H and O–H groups in total. The third kappa shape index (κ3) is 0.632. The summed E-state index contributed by atoms with van der Waals surface area (Å²) in [6.45, 7) is 0. The molecule has 0 fully saturated rings. The second-order valence-electron chi connectivity index (χ2n) is 1.70.